The van der Waals surface area contributed by atoms with Gasteiger partial charge in [0, 0.05) is 12.1 Å². The molecule has 98 valence electrons. The van der Waals surface area contributed by atoms with Crippen LogP contribution in [0.4, 0.5) is 11.4 Å². The molecule has 0 heterocycles. The number of anilines is 2. The Labute approximate surface area is 112 Å². The van der Waals surface area contributed by atoms with E-state index in [4.69, 9.17) is 11.5 Å². The Morgan fingerprint density at radius 1 is 1.16 bits per heavy atom. The Morgan fingerprint density at radius 3 is 2.47 bits per heavy atom. The molecule has 2 aromatic carbocycles. The van der Waals surface area contributed by atoms with E-state index < -0.39 is 0 Å². The lowest BCUT2D eigenvalue weighted by Gasteiger charge is -2.09. The number of benzene rings is 2. The lowest BCUT2D eigenvalue weighted by atomic mass is 10.1. The Balaban J connectivity index is 2.18. The van der Waals surface area contributed by atoms with Crippen molar-refractivity contribution in [1.82, 2.24) is 0 Å². The quantitative estimate of drug-likeness (QED) is 0.736. The third-order valence-corrected chi connectivity index (χ3v) is 2.91. The third-order valence-electron chi connectivity index (χ3n) is 2.91. The summed E-state index contributed by atoms with van der Waals surface area (Å²) in [7, 11) is 0. The highest BCUT2D eigenvalue weighted by Gasteiger charge is 2.08. The Bertz CT molecular complexity index is 591. The van der Waals surface area contributed by atoms with Gasteiger partial charge >= 0.3 is 0 Å². The van der Waals surface area contributed by atoms with Crippen molar-refractivity contribution >= 4 is 17.3 Å². The number of hydrogen-bond donors (Lipinski definition) is 3. The summed E-state index contributed by atoms with van der Waals surface area (Å²) < 4.78 is 0. The summed E-state index contributed by atoms with van der Waals surface area (Å²) in [4.78, 5) is 12.1. The fraction of sp³-hybridized carbons (Fsp3) is 0.133. The van der Waals surface area contributed by atoms with E-state index in [1.54, 1.807) is 18.2 Å². The molecular weight excluding hydrogens is 238 g/mol. The van der Waals surface area contributed by atoms with E-state index in [2.05, 4.69) is 5.32 Å². The highest BCUT2D eigenvalue weighted by Crippen LogP contribution is 2.20. The predicted molar refractivity (Wildman–Crippen MR) is 77.9 cm³/mol. The van der Waals surface area contributed by atoms with Crippen molar-refractivity contribution in [2.24, 2.45) is 5.73 Å². The van der Waals surface area contributed by atoms with Gasteiger partial charge in [0.05, 0.1) is 11.4 Å². The molecule has 0 spiro atoms. The zero-order valence-corrected chi connectivity index (χ0v) is 10.8. The first kappa shape index (κ1) is 13.1. The number of nitrogen functional groups attached to an aromatic ring is 1. The molecule has 2 aromatic rings. The van der Waals surface area contributed by atoms with Gasteiger partial charge in [-0.3, -0.25) is 4.79 Å². The molecule has 0 saturated heterocycles. The van der Waals surface area contributed by atoms with Gasteiger partial charge < -0.3 is 16.8 Å². The number of nitrogens with one attached hydrogen (secondary N) is 1. The lowest BCUT2D eigenvalue weighted by molar-refractivity contribution is 0.102. The molecule has 0 aliphatic carbocycles. The largest absolute Gasteiger partial charge is 0.397 e. The molecule has 0 aliphatic heterocycles. The van der Waals surface area contributed by atoms with Gasteiger partial charge in [0.1, 0.15) is 0 Å². The number of carbonyl (C=O) groups is 1. The molecule has 0 atom stereocenters. The van der Waals surface area contributed by atoms with Gasteiger partial charge in [-0.2, -0.15) is 0 Å². The molecule has 2 rings (SSSR count). The van der Waals surface area contributed by atoms with Crippen molar-refractivity contribution in [3.8, 4) is 0 Å². The second kappa shape index (κ2) is 5.54. The molecule has 0 saturated carbocycles. The maximum atomic E-state index is 12.1. The third kappa shape index (κ3) is 3.11. The summed E-state index contributed by atoms with van der Waals surface area (Å²) in [6.07, 6.45) is 0. The monoisotopic (exact) mass is 255 g/mol. The fourth-order valence-electron chi connectivity index (χ4n) is 1.77. The number of hydrogen-bond acceptors (Lipinski definition) is 3. The number of amides is 1. The molecule has 4 heteroatoms. The minimum absolute atomic E-state index is 0.180. The summed E-state index contributed by atoms with van der Waals surface area (Å²) in [5, 5.41) is 2.81. The van der Waals surface area contributed by atoms with Gasteiger partial charge in [-0.25, -0.2) is 0 Å². The van der Waals surface area contributed by atoms with Crippen molar-refractivity contribution in [2.75, 3.05) is 11.1 Å². The van der Waals surface area contributed by atoms with Gasteiger partial charge in [-0.05, 0) is 42.3 Å². The Hall–Kier alpha value is -2.33. The van der Waals surface area contributed by atoms with Crippen LogP contribution in [0, 0.1) is 6.92 Å². The molecule has 0 fully saturated rings. The minimum atomic E-state index is -0.180. The van der Waals surface area contributed by atoms with Crippen LogP contribution >= 0.6 is 0 Å². The molecule has 19 heavy (non-hydrogen) atoms. The zero-order valence-electron chi connectivity index (χ0n) is 10.8. The molecule has 0 aliphatic rings. The smallest absolute Gasteiger partial charge is 0.255 e. The molecule has 0 bridgehead atoms. The van der Waals surface area contributed by atoms with Crippen LogP contribution in [-0.4, -0.2) is 5.91 Å². The van der Waals surface area contributed by atoms with Crippen molar-refractivity contribution < 1.29 is 4.79 Å². The summed E-state index contributed by atoms with van der Waals surface area (Å²) in [5.74, 6) is -0.180. The van der Waals surface area contributed by atoms with Crippen LogP contribution in [0.1, 0.15) is 21.5 Å². The first-order chi connectivity index (χ1) is 9.10. The molecule has 0 aromatic heterocycles. The van der Waals surface area contributed by atoms with Crippen LogP contribution in [0.25, 0.3) is 0 Å². The van der Waals surface area contributed by atoms with E-state index in [1.165, 1.54) is 0 Å². The number of nitrogens with two attached hydrogens (primary N) is 2. The first-order valence-corrected chi connectivity index (χ1v) is 6.06. The summed E-state index contributed by atoms with van der Waals surface area (Å²) in [5.41, 5.74) is 15.2. The maximum absolute atomic E-state index is 12.1. The molecule has 0 unspecified atom stereocenters. The number of carbonyl (C=O) groups excluding carboxylic acids is 1. The highest BCUT2D eigenvalue weighted by atomic mass is 16.1. The maximum Gasteiger partial charge on any atom is 0.255 e. The summed E-state index contributed by atoms with van der Waals surface area (Å²) in [6.45, 7) is 2.41. The van der Waals surface area contributed by atoms with Crippen molar-refractivity contribution in [3.05, 3.63) is 59.2 Å². The topological polar surface area (TPSA) is 81.1 Å². The number of aryl methyl sites for hydroxylation is 1. The average molecular weight is 255 g/mol. The first-order valence-electron chi connectivity index (χ1n) is 6.06. The Kier molecular flexibility index (Phi) is 3.82. The van der Waals surface area contributed by atoms with Gasteiger partial charge in [0.2, 0.25) is 0 Å². The summed E-state index contributed by atoms with van der Waals surface area (Å²) in [6, 6.07) is 12.7. The molecule has 0 radical (unpaired) electrons. The second-order valence-electron chi connectivity index (χ2n) is 4.45. The molecule has 5 N–H and O–H groups in total. The average Bonchev–Trinajstić information content (AvgIpc) is 2.43. The van der Waals surface area contributed by atoms with Crippen LogP contribution in [0.2, 0.25) is 0 Å². The van der Waals surface area contributed by atoms with Crippen LogP contribution < -0.4 is 16.8 Å². The summed E-state index contributed by atoms with van der Waals surface area (Å²) >= 11 is 0. The van der Waals surface area contributed by atoms with Crippen LogP contribution in [0.5, 0.6) is 0 Å². The number of rotatable bonds is 3. The molecular formula is C15H17N3O. The van der Waals surface area contributed by atoms with Crippen molar-refractivity contribution in [1.29, 1.82) is 0 Å². The fourth-order valence-corrected chi connectivity index (χ4v) is 1.77. The van der Waals surface area contributed by atoms with E-state index in [0.717, 1.165) is 11.1 Å². The second-order valence-corrected chi connectivity index (χ2v) is 4.45. The van der Waals surface area contributed by atoms with Gasteiger partial charge in [0.15, 0.2) is 0 Å². The minimum Gasteiger partial charge on any atom is -0.397 e. The normalized spacial score (nSPS) is 10.2. The van der Waals surface area contributed by atoms with Gasteiger partial charge in [-0.1, -0.05) is 18.2 Å². The van der Waals surface area contributed by atoms with E-state index in [-0.39, 0.29) is 5.91 Å². The van der Waals surface area contributed by atoms with Crippen molar-refractivity contribution in [2.45, 2.75) is 13.5 Å². The van der Waals surface area contributed by atoms with E-state index in [0.29, 0.717) is 23.5 Å². The van der Waals surface area contributed by atoms with Crippen LogP contribution in [0.3, 0.4) is 0 Å². The Morgan fingerprint density at radius 2 is 1.84 bits per heavy atom. The van der Waals surface area contributed by atoms with E-state index >= 15 is 0 Å². The zero-order chi connectivity index (χ0) is 13.8. The molecule has 1 amide bonds. The van der Waals surface area contributed by atoms with Crippen molar-refractivity contribution in [3.63, 3.8) is 0 Å². The van der Waals surface area contributed by atoms with Gasteiger partial charge in [0.25, 0.3) is 5.91 Å². The molecule has 4 nitrogen and oxygen atoms in total. The van der Waals surface area contributed by atoms with Crippen LogP contribution in [0.15, 0.2) is 42.5 Å². The highest BCUT2D eigenvalue weighted by molar-refractivity contribution is 6.05. The lowest BCUT2D eigenvalue weighted by Crippen LogP contribution is -2.13. The van der Waals surface area contributed by atoms with Crippen LogP contribution in [-0.2, 0) is 6.54 Å². The van der Waals surface area contributed by atoms with E-state index in [9.17, 15) is 4.79 Å². The van der Waals surface area contributed by atoms with E-state index in [1.807, 2.05) is 31.2 Å². The predicted octanol–water partition coefficient (Wildman–Crippen LogP) is 2.29. The standard InChI is InChI=1S/C15H17N3O/c1-10-2-7-13(17)14(8-10)18-15(19)12-5-3-11(9-16)4-6-12/h2-8H,9,16-17H2,1H3,(H,18,19). The van der Waals surface area contributed by atoms with Gasteiger partial charge in [-0.15, -0.1) is 0 Å². The SMILES string of the molecule is Cc1ccc(N)c(NC(=O)c2ccc(CN)cc2)c1.